The van der Waals surface area contributed by atoms with Gasteiger partial charge in [-0.1, -0.05) is 0 Å². The summed E-state index contributed by atoms with van der Waals surface area (Å²) in [5.41, 5.74) is 5.36. The molecule has 6 heteroatoms. The van der Waals surface area contributed by atoms with Crippen molar-refractivity contribution < 1.29 is 5.11 Å². The standard InChI is InChI=1S/C11H29N5O/c12-2-4-14-6-8-16-10-9-15-7-5-13-3-1-11-17/h13-17H,1-12H2. The van der Waals surface area contributed by atoms with Gasteiger partial charge < -0.3 is 32.1 Å². The van der Waals surface area contributed by atoms with Crippen LogP contribution in [0.4, 0.5) is 0 Å². The van der Waals surface area contributed by atoms with Crippen molar-refractivity contribution in [3.63, 3.8) is 0 Å². The van der Waals surface area contributed by atoms with E-state index in [9.17, 15) is 0 Å². The van der Waals surface area contributed by atoms with Crippen LogP contribution in [0.15, 0.2) is 0 Å². The molecule has 0 saturated carbocycles. The monoisotopic (exact) mass is 247 g/mol. The van der Waals surface area contributed by atoms with E-state index >= 15 is 0 Å². The molecule has 0 radical (unpaired) electrons. The predicted octanol–water partition coefficient (Wildman–Crippen LogP) is -2.31. The van der Waals surface area contributed by atoms with Gasteiger partial charge in [0.25, 0.3) is 0 Å². The van der Waals surface area contributed by atoms with E-state index in [4.69, 9.17) is 10.8 Å². The molecule has 0 unspecified atom stereocenters. The van der Waals surface area contributed by atoms with Crippen LogP contribution in [-0.4, -0.2) is 70.6 Å². The first-order chi connectivity index (χ1) is 8.41. The summed E-state index contributed by atoms with van der Waals surface area (Å²) in [5.74, 6) is 0. The Morgan fingerprint density at radius 1 is 0.647 bits per heavy atom. The van der Waals surface area contributed by atoms with Gasteiger partial charge >= 0.3 is 0 Å². The van der Waals surface area contributed by atoms with Gasteiger partial charge in [-0.05, 0) is 13.0 Å². The van der Waals surface area contributed by atoms with Crippen molar-refractivity contribution in [3.05, 3.63) is 0 Å². The van der Waals surface area contributed by atoms with Crippen LogP contribution in [0.3, 0.4) is 0 Å². The van der Waals surface area contributed by atoms with Crippen molar-refractivity contribution in [2.45, 2.75) is 6.42 Å². The molecule has 104 valence electrons. The van der Waals surface area contributed by atoms with E-state index in [0.29, 0.717) is 6.54 Å². The molecule has 0 aliphatic heterocycles. The lowest BCUT2D eigenvalue weighted by molar-refractivity contribution is 0.286. The normalized spacial score (nSPS) is 10.9. The fourth-order valence-electron chi connectivity index (χ4n) is 1.34. The highest BCUT2D eigenvalue weighted by Gasteiger charge is 1.89. The number of nitrogens with two attached hydrogens (primary N) is 1. The van der Waals surface area contributed by atoms with Crippen LogP contribution in [0.2, 0.25) is 0 Å². The van der Waals surface area contributed by atoms with E-state index in [1.807, 2.05) is 0 Å². The molecule has 0 fully saturated rings. The lowest BCUT2D eigenvalue weighted by atomic mass is 10.4. The second-order valence-corrected chi connectivity index (χ2v) is 3.87. The van der Waals surface area contributed by atoms with Gasteiger partial charge in [0.15, 0.2) is 0 Å². The van der Waals surface area contributed by atoms with Crippen LogP contribution < -0.4 is 27.0 Å². The fourth-order valence-corrected chi connectivity index (χ4v) is 1.34. The third-order valence-electron chi connectivity index (χ3n) is 2.27. The average Bonchev–Trinajstić information content (AvgIpc) is 2.35. The first kappa shape index (κ1) is 16.8. The molecule has 0 aliphatic rings. The highest BCUT2D eigenvalue weighted by Crippen LogP contribution is 1.70. The minimum atomic E-state index is 0.266. The zero-order valence-electron chi connectivity index (χ0n) is 10.8. The molecular formula is C11H29N5O. The average molecular weight is 247 g/mol. The molecule has 0 aromatic rings. The van der Waals surface area contributed by atoms with E-state index in [2.05, 4.69) is 21.3 Å². The number of hydrogen-bond acceptors (Lipinski definition) is 6. The number of hydrogen-bond donors (Lipinski definition) is 6. The SMILES string of the molecule is NCCNCCNCCNCCNCCCO. The Morgan fingerprint density at radius 3 is 1.47 bits per heavy atom. The molecule has 6 nitrogen and oxygen atoms in total. The summed E-state index contributed by atoms with van der Waals surface area (Å²) in [5, 5.41) is 21.7. The van der Waals surface area contributed by atoms with Crippen LogP contribution in [0, 0.1) is 0 Å². The lowest BCUT2D eigenvalue weighted by Crippen LogP contribution is -2.36. The van der Waals surface area contributed by atoms with Crippen molar-refractivity contribution in [3.8, 4) is 0 Å². The molecule has 0 bridgehead atoms. The van der Waals surface area contributed by atoms with Crippen molar-refractivity contribution >= 4 is 0 Å². The van der Waals surface area contributed by atoms with Crippen molar-refractivity contribution in [1.29, 1.82) is 0 Å². The minimum absolute atomic E-state index is 0.266. The summed E-state index contributed by atoms with van der Waals surface area (Å²) in [6.45, 7) is 8.60. The summed E-state index contributed by atoms with van der Waals surface area (Å²) in [6.07, 6.45) is 0.831. The third-order valence-corrected chi connectivity index (χ3v) is 2.27. The molecule has 0 rings (SSSR count). The number of nitrogens with one attached hydrogen (secondary N) is 4. The Hall–Kier alpha value is -0.240. The molecule has 0 saturated heterocycles. The maximum absolute atomic E-state index is 8.57. The first-order valence-corrected chi connectivity index (χ1v) is 6.55. The van der Waals surface area contributed by atoms with E-state index in [1.54, 1.807) is 0 Å². The van der Waals surface area contributed by atoms with Gasteiger partial charge in [0, 0.05) is 59.0 Å². The third kappa shape index (κ3) is 15.8. The van der Waals surface area contributed by atoms with Crippen molar-refractivity contribution in [1.82, 2.24) is 21.3 Å². The van der Waals surface area contributed by atoms with E-state index in [-0.39, 0.29) is 6.61 Å². The van der Waals surface area contributed by atoms with E-state index in [1.165, 1.54) is 0 Å². The lowest BCUT2D eigenvalue weighted by Gasteiger charge is -2.07. The summed E-state index contributed by atoms with van der Waals surface area (Å²) < 4.78 is 0. The number of rotatable bonds is 14. The zero-order chi connectivity index (χ0) is 12.6. The van der Waals surface area contributed by atoms with Crippen LogP contribution in [-0.2, 0) is 0 Å². The first-order valence-electron chi connectivity index (χ1n) is 6.55. The topological polar surface area (TPSA) is 94.4 Å². The van der Waals surface area contributed by atoms with E-state index < -0.39 is 0 Å². The van der Waals surface area contributed by atoms with Gasteiger partial charge in [0.1, 0.15) is 0 Å². The molecular weight excluding hydrogens is 218 g/mol. The molecule has 0 aliphatic carbocycles. The van der Waals surface area contributed by atoms with Crippen LogP contribution in [0.25, 0.3) is 0 Å². The Morgan fingerprint density at radius 2 is 1.06 bits per heavy atom. The second-order valence-electron chi connectivity index (χ2n) is 3.87. The van der Waals surface area contributed by atoms with Gasteiger partial charge in [0.05, 0.1) is 0 Å². The Kier molecular flexibility index (Phi) is 15.5. The number of aliphatic hydroxyl groups is 1. The van der Waals surface area contributed by atoms with Crippen molar-refractivity contribution in [2.75, 3.05) is 65.5 Å². The Balaban J connectivity index is 2.85. The Bertz CT molecular complexity index is 123. The molecule has 7 N–H and O–H groups in total. The smallest absolute Gasteiger partial charge is 0.0443 e. The molecule has 17 heavy (non-hydrogen) atoms. The fraction of sp³-hybridized carbons (Fsp3) is 1.00. The molecule has 0 aromatic heterocycles. The molecule has 0 amide bonds. The predicted molar refractivity (Wildman–Crippen MR) is 72.2 cm³/mol. The van der Waals surface area contributed by atoms with Gasteiger partial charge in [-0.3, -0.25) is 0 Å². The number of aliphatic hydroxyl groups excluding tert-OH is 1. The van der Waals surface area contributed by atoms with Crippen LogP contribution >= 0.6 is 0 Å². The van der Waals surface area contributed by atoms with Gasteiger partial charge in [0.2, 0.25) is 0 Å². The quantitative estimate of drug-likeness (QED) is 0.193. The van der Waals surface area contributed by atoms with Gasteiger partial charge in [-0.25, -0.2) is 0 Å². The molecule has 0 heterocycles. The molecule has 0 atom stereocenters. The van der Waals surface area contributed by atoms with Crippen LogP contribution in [0.1, 0.15) is 6.42 Å². The van der Waals surface area contributed by atoms with Gasteiger partial charge in [-0.15, -0.1) is 0 Å². The van der Waals surface area contributed by atoms with Crippen molar-refractivity contribution in [2.24, 2.45) is 5.73 Å². The minimum Gasteiger partial charge on any atom is -0.396 e. The summed E-state index contributed by atoms with van der Waals surface area (Å²) in [4.78, 5) is 0. The highest BCUT2D eigenvalue weighted by molar-refractivity contribution is 4.56. The van der Waals surface area contributed by atoms with Gasteiger partial charge in [-0.2, -0.15) is 0 Å². The second kappa shape index (κ2) is 15.8. The zero-order valence-corrected chi connectivity index (χ0v) is 10.8. The summed E-state index contributed by atoms with van der Waals surface area (Å²) in [6, 6.07) is 0. The maximum Gasteiger partial charge on any atom is 0.0443 e. The summed E-state index contributed by atoms with van der Waals surface area (Å²) >= 11 is 0. The Labute approximate surface area is 105 Å². The maximum atomic E-state index is 8.57. The van der Waals surface area contributed by atoms with Crippen LogP contribution in [0.5, 0.6) is 0 Å². The molecule has 0 aromatic carbocycles. The molecule has 0 spiro atoms. The highest BCUT2D eigenvalue weighted by atomic mass is 16.3. The van der Waals surface area contributed by atoms with E-state index in [0.717, 1.165) is 58.8 Å². The summed E-state index contributed by atoms with van der Waals surface area (Å²) in [7, 11) is 0. The largest absolute Gasteiger partial charge is 0.396 e.